The van der Waals surface area contributed by atoms with Crippen LogP contribution >= 0.6 is 0 Å². The molecule has 0 aliphatic rings. The van der Waals surface area contributed by atoms with Crippen LogP contribution in [-0.4, -0.2) is 24.1 Å². The van der Waals surface area contributed by atoms with E-state index < -0.39 is 0 Å². The summed E-state index contributed by atoms with van der Waals surface area (Å²) in [5.41, 5.74) is 3.67. The lowest BCUT2D eigenvalue weighted by Gasteiger charge is -2.10. The second kappa shape index (κ2) is 7.26. The molecule has 0 aliphatic carbocycles. The number of carbonyl (C=O) groups excluding carboxylic acids is 1. The molecule has 0 unspecified atom stereocenters. The molecule has 4 heteroatoms. The maximum absolute atomic E-state index is 12.6. The number of hydrogen-bond acceptors (Lipinski definition) is 3. The number of methoxy groups -OCH3 is 1. The fourth-order valence-corrected chi connectivity index (χ4v) is 2.94. The van der Waals surface area contributed by atoms with Crippen LogP contribution in [0.15, 0.2) is 60.7 Å². The van der Waals surface area contributed by atoms with E-state index >= 15 is 0 Å². The number of para-hydroxylation sites is 1. The zero-order chi connectivity index (χ0) is 17.8. The normalized spacial score (nSPS) is 10.5. The standard InChI is InChI=1S/C21H21NO3/c1-15-12-20(16(2)22(15)17-8-5-4-6-9-17)21(23)14-25-19-11-7-10-18(13-19)24-3/h4-13H,14H2,1-3H3. The molecule has 25 heavy (non-hydrogen) atoms. The highest BCUT2D eigenvalue weighted by Gasteiger charge is 2.17. The summed E-state index contributed by atoms with van der Waals surface area (Å²) in [7, 11) is 1.60. The van der Waals surface area contributed by atoms with E-state index in [1.54, 1.807) is 13.2 Å². The summed E-state index contributed by atoms with van der Waals surface area (Å²) < 4.78 is 12.9. The Morgan fingerprint density at radius 3 is 2.40 bits per heavy atom. The van der Waals surface area contributed by atoms with E-state index in [9.17, 15) is 4.79 Å². The molecule has 1 aromatic heterocycles. The number of ketones is 1. The molecule has 1 heterocycles. The number of nitrogens with zero attached hydrogens (tertiary/aromatic N) is 1. The number of rotatable bonds is 6. The second-order valence-electron chi connectivity index (χ2n) is 5.85. The van der Waals surface area contributed by atoms with Gasteiger partial charge in [0.15, 0.2) is 6.61 Å². The Kier molecular flexibility index (Phi) is 4.89. The van der Waals surface area contributed by atoms with Crippen LogP contribution in [0.4, 0.5) is 0 Å². The van der Waals surface area contributed by atoms with Crippen LogP contribution in [-0.2, 0) is 0 Å². The van der Waals surface area contributed by atoms with E-state index in [-0.39, 0.29) is 12.4 Å². The highest BCUT2D eigenvalue weighted by atomic mass is 16.5. The quantitative estimate of drug-likeness (QED) is 0.628. The van der Waals surface area contributed by atoms with Crippen LogP contribution < -0.4 is 9.47 Å². The number of ether oxygens (including phenoxy) is 2. The second-order valence-corrected chi connectivity index (χ2v) is 5.85. The monoisotopic (exact) mass is 335 g/mol. The first kappa shape index (κ1) is 16.8. The molecule has 0 saturated heterocycles. The fraction of sp³-hybridized carbons (Fsp3) is 0.190. The molecular weight excluding hydrogens is 314 g/mol. The molecule has 0 bridgehead atoms. The third-order valence-corrected chi connectivity index (χ3v) is 4.16. The maximum Gasteiger partial charge on any atom is 0.202 e. The summed E-state index contributed by atoms with van der Waals surface area (Å²) in [5, 5.41) is 0. The average molecular weight is 335 g/mol. The molecule has 128 valence electrons. The average Bonchev–Trinajstić information content (AvgIpc) is 2.95. The van der Waals surface area contributed by atoms with Crippen LogP contribution in [0.3, 0.4) is 0 Å². The molecule has 0 N–H and O–H groups in total. The maximum atomic E-state index is 12.6. The van der Waals surface area contributed by atoms with Crippen LogP contribution in [0.25, 0.3) is 5.69 Å². The molecule has 0 radical (unpaired) electrons. The Morgan fingerprint density at radius 2 is 1.68 bits per heavy atom. The Balaban J connectivity index is 1.79. The van der Waals surface area contributed by atoms with Gasteiger partial charge in [-0.15, -0.1) is 0 Å². The number of aromatic nitrogens is 1. The van der Waals surface area contributed by atoms with Gasteiger partial charge in [0.1, 0.15) is 11.5 Å². The van der Waals surface area contributed by atoms with Gasteiger partial charge < -0.3 is 14.0 Å². The Bertz CT molecular complexity index is 881. The summed E-state index contributed by atoms with van der Waals surface area (Å²) in [6, 6.07) is 19.2. The molecule has 0 aliphatic heterocycles. The summed E-state index contributed by atoms with van der Waals surface area (Å²) >= 11 is 0. The molecule has 0 atom stereocenters. The molecule has 3 aromatic rings. The molecule has 0 fully saturated rings. The van der Waals surface area contributed by atoms with Gasteiger partial charge in [0.25, 0.3) is 0 Å². The molecule has 0 amide bonds. The van der Waals surface area contributed by atoms with Gasteiger partial charge >= 0.3 is 0 Å². The Labute approximate surface area is 147 Å². The zero-order valence-corrected chi connectivity index (χ0v) is 14.7. The summed E-state index contributed by atoms with van der Waals surface area (Å²) in [4.78, 5) is 12.6. The zero-order valence-electron chi connectivity index (χ0n) is 14.7. The highest BCUT2D eigenvalue weighted by Crippen LogP contribution is 2.22. The van der Waals surface area contributed by atoms with Crippen molar-refractivity contribution in [2.45, 2.75) is 13.8 Å². The van der Waals surface area contributed by atoms with Crippen molar-refractivity contribution < 1.29 is 14.3 Å². The van der Waals surface area contributed by atoms with Crippen molar-refractivity contribution in [1.29, 1.82) is 0 Å². The minimum absolute atomic E-state index is 0.00769. The van der Waals surface area contributed by atoms with Crippen molar-refractivity contribution in [1.82, 2.24) is 4.57 Å². The van der Waals surface area contributed by atoms with Crippen LogP contribution in [0.1, 0.15) is 21.7 Å². The molecule has 0 spiro atoms. The topological polar surface area (TPSA) is 40.5 Å². The Hall–Kier alpha value is -3.01. The predicted octanol–water partition coefficient (Wildman–Crippen LogP) is 4.36. The first-order valence-corrected chi connectivity index (χ1v) is 8.14. The van der Waals surface area contributed by atoms with Crippen molar-refractivity contribution in [3.05, 3.63) is 77.6 Å². The lowest BCUT2D eigenvalue weighted by atomic mass is 10.1. The predicted molar refractivity (Wildman–Crippen MR) is 98.1 cm³/mol. The van der Waals surface area contributed by atoms with E-state index in [1.165, 1.54) is 0 Å². The van der Waals surface area contributed by atoms with E-state index in [0.717, 1.165) is 17.1 Å². The first-order valence-electron chi connectivity index (χ1n) is 8.14. The number of carbonyl (C=O) groups is 1. The lowest BCUT2D eigenvalue weighted by molar-refractivity contribution is 0.0920. The van der Waals surface area contributed by atoms with Crippen LogP contribution in [0, 0.1) is 13.8 Å². The van der Waals surface area contributed by atoms with Gasteiger partial charge in [-0.25, -0.2) is 0 Å². The molecule has 0 saturated carbocycles. The van der Waals surface area contributed by atoms with Gasteiger partial charge in [-0.05, 0) is 44.2 Å². The van der Waals surface area contributed by atoms with Crippen molar-refractivity contribution >= 4 is 5.78 Å². The largest absolute Gasteiger partial charge is 0.497 e. The highest BCUT2D eigenvalue weighted by molar-refractivity contribution is 5.98. The number of Topliss-reactive ketones (excluding diaryl/α,β-unsaturated/α-hetero) is 1. The summed E-state index contributed by atoms with van der Waals surface area (Å²) in [5.74, 6) is 1.27. The smallest absolute Gasteiger partial charge is 0.202 e. The molecular formula is C21H21NO3. The number of benzene rings is 2. The summed E-state index contributed by atoms with van der Waals surface area (Å²) in [6.45, 7) is 3.95. The molecule has 3 rings (SSSR count). The first-order chi connectivity index (χ1) is 12.1. The third kappa shape index (κ3) is 3.58. The van der Waals surface area contributed by atoms with Gasteiger partial charge in [-0.2, -0.15) is 0 Å². The number of hydrogen-bond donors (Lipinski definition) is 0. The van der Waals surface area contributed by atoms with Crippen molar-refractivity contribution in [2.75, 3.05) is 13.7 Å². The van der Waals surface area contributed by atoms with Gasteiger partial charge in [0.2, 0.25) is 5.78 Å². The Morgan fingerprint density at radius 1 is 0.960 bits per heavy atom. The summed E-state index contributed by atoms with van der Waals surface area (Å²) in [6.07, 6.45) is 0. The van der Waals surface area contributed by atoms with Crippen LogP contribution in [0.5, 0.6) is 11.5 Å². The van der Waals surface area contributed by atoms with Crippen LogP contribution in [0.2, 0.25) is 0 Å². The van der Waals surface area contributed by atoms with E-state index in [0.29, 0.717) is 17.1 Å². The van der Waals surface area contributed by atoms with Gasteiger partial charge in [0.05, 0.1) is 7.11 Å². The van der Waals surface area contributed by atoms with E-state index in [2.05, 4.69) is 4.57 Å². The molecule has 4 nitrogen and oxygen atoms in total. The van der Waals surface area contributed by atoms with Gasteiger partial charge in [0, 0.05) is 28.7 Å². The molecule has 2 aromatic carbocycles. The van der Waals surface area contributed by atoms with Gasteiger partial charge in [-0.3, -0.25) is 4.79 Å². The van der Waals surface area contributed by atoms with E-state index in [1.807, 2.05) is 68.4 Å². The third-order valence-electron chi connectivity index (χ3n) is 4.16. The van der Waals surface area contributed by atoms with Crippen molar-refractivity contribution in [3.8, 4) is 17.2 Å². The van der Waals surface area contributed by atoms with Gasteiger partial charge in [-0.1, -0.05) is 24.3 Å². The minimum atomic E-state index is -0.0434. The van der Waals surface area contributed by atoms with Crippen molar-refractivity contribution in [2.24, 2.45) is 0 Å². The fourth-order valence-electron chi connectivity index (χ4n) is 2.94. The van der Waals surface area contributed by atoms with Crippen molar-refractivity contribution in [3.63, 3.8) is 0 Å². The lowest BCUT2D eigenvalue weighted by Crippen LogP contribution is -2.12. The van der Waals surface area contributed by atoms with E-state index in [4.69, 9.17) is 9.47 Å². The number of aryl methyl sites for hydroxylation is 1. The SMILES string of the molecule is COc1cccc(OCC(=O)c2cc(C)n(-c3ccccc3)c2C)c1. The minimum Gasteiger partial charge on any atom is -0.497 e.